The Morgan fingerprint density at radius 3 is 2.55 bits per heavy atom. The van der Waals surface area contributed by atoms with Crippen LogP contribution >= 0.6 is 0 Å². The number of aliphatic hydroxyl groups is 1. The molecule has 0 bridgehead atoms. The second kappa shape index (κ2) is 8.31. The Labute approximate surface area is 164 Å². The largest absolute Gasteiger partial charge is 0.385 e. The van der Waals surface area contributed by atoms with Gasteiger partial charge in [0.05, 0.1) is 18.1 Å². The van der Waals surface area contributed by atoms with Gasteiger partial charge in [-0.05, 0) is 13.0 Å². The van der Waals surface area contributed by atoms with Gasteiger partial charge in [-0.2, -0.15) is 14.9 Å². The number of aromatic nitrogens is 4. The molecule has 0 saturated carbocycles. The molecule has 152 valence electrons. The van der Waals surface area contributed by atoms with Gasteiger partial charge in [-0.25, -0.2) is 8.78 Å². The third-order valence-corrected chi connectivity index (χ3v) is 4.20. The van der Waals surface area contributed by atoms with Gasteiger partial charge in [0.1, 0.15) is 17.4 Å². The Kier molecular flexibility index (Phi) is 5.83. The number of benzene rings is 1. The molecule has 0 aliphatic carbocycles. The molecule has 0 spiro atoms. The molecule has 2 aromatic heterocycles. The second-order valence-corrected chi connectivity index (χ2v) is 6.51. The van der Waals surface area contributed by atoms with Crippen molar-refractivity contribution in [3.05, 3.63) is 64.2 Å². The molecule has 3 aromatic rings. The summed E-state index contributed by atoms with van der Waals surface area (Å²) in [5.74, 6) is -0.886. The summed E-state index contributed by atoms with van der Waals surface area (Å²) in [5, 5.41) is 19.7. The molecule has 0 radical (unpaired) electrons. The van der Waals surface area contributed by atoms with Crippen molar-refractivity contribution >= 4 is 5.91 Å². The fraction of sp³-hybridized carbons (Fsp3) is 0.263. The normalized spacial score (nSPS) is 12.2. The van der Waals surface area contributed by atoms with Gasteiger partial charge in [0.15, 0.2) is 0 Å². The minimum absolute atomic E-state index is 0.291. The van der Waals surface area contributed by atoms with Crippen LogP contribution in [0.15, 0.2) is 47.5 Å². The smallest absolute Gasteiger partial charge is 0.284 e. The van der Waals surface area contributed by atoms with Crippen LogP contribution < -0.4 is 10.9 Å². The Morgan fingerprint density at radius 2 is 1.97 bits per heavy atom. The number of nitrogens with one attached hydrogen (secondary N) is 1. The summed E-state index contributed by atoms with van der Waals surface area (Å²) >= 11 is 0. The van der Waals surface area contributed by atoms with Crippen LogP contribution in [-0.4, -0.2) is 49.6 Å². The van der Waals surface area contributed by atoms with Crippen LogP contribution in [-0.2, 0) is 7.05 Å². The molecule has 0 aliphatic heterocycles. The molecule has 1 atom stereocenters. The summed E-state index contributed by atoms with van der Waals surface area (Å²) in [7, 11) is 1.66. The van der Waals surface area contributed by atoms with Crippen molar-refractivity contribution < 1.29 is 18.7 Å². The van der Waals surface area contributed by atoms with Crippen LogP contribution in [0.5, 0.6) is 0 Å². The van der Waals surface area contributed by atoms with E-state index in [1.165, 1.54) is 16.9 Å². The van der Waals surface area contributed by atoms with Crippen molar-refractivity contribution in [1.82, 2.24) is 24.9 Å². The first-order valence-corrected chi connectivity index (χ1v) is 8.71. The number of aryl methyl sites for hydroxylation is 2. The van der Waals surface area contributed by atoms with Gasteiger partial charge in [0.25, 0.3) is 17.9 Å². The number of halogens is 2. The highest BCUT2D eigenvalue weighted by atomic mass is 19.3. The zero-order valence-corrected chi connectivity index (χ0v) is 15.7. The second-order valence-electron chi connectivity index (χ2n) is 6.51. The SMILES string of the molecule is Cc1ccc(-c2cc(C(=O)NCC(O)C(F)F)c(=O)n(-c3cnn(C)c3)n2)cc1. The average molecular weight is 403 g/mol. The number of alkyl halides is 2. The van der Waals surface area contributed by atoms with E-state index < -0.39 is 30.5 Å². The number of hydrogen-bond acceptors (Lipinski definition) is 5. The minimum atomic E-state index is -3.01. The Morgan fingerprint density at radius 1 is 1.28 bits per heavy atom. The lowest BCUT2D eigenvalue weighted by Crippen LogP contribution is -2.39. The molecule has 1 amide bonds. The maximum absolute atomic E-state index is 12.8. The maximum atomic E-state index is 12.8. The number of rotatable bonds is 6. The van der Waals surface area contributed by atoms with Gasteiger partial charge < -0.3 is 10.4 Å². The van der Waals surface area contributed by atoms with E-state index in [2.05, 4.69) is 15.5 Å². The van der Waals surface area contributed by atoms with Crippen LogP contribution in [0, 0.1) is 6.92 Å². The number of aliphatic hydroxyl groups excluding tert-OH is 1. The van der Waals surface area contributed by atoms with E-state index in [1.807, 2.05) is 19.1 Å². The lowest BCUT2D eigenvalue weighted by molar-refractivity contribution is -0.00271. The number of nitrogens with zero attached hydrogens (tertiary/aromatic N) is 4. The van der Waals surface area contributed by atoms with Crippen molar-refractivity contribution in [2.75, 3.05) is 6.54 Å². The van der Waals surface area contributed by atoms with Gasteiger partial charge >= 0.3 is 0 Å². The highest BCUT2D eigenvalue weighted by Crippen LogP contribution is 2.18. The van der Waals surface area contributed by atoms with E-state index in [-0.39, 0.29) is 5.56 Å². The predicted molar refractivity (Wildman–Crippen MR) is 101 cm³/mol. The van der Waals surface area contributed by atoms with Crippen molar-refractivity contribution in [2.45, 2.75) is 19.5 Å². The molecule has 2 N–H and O–H groups in total. The summed E-state index contributed by atoms with van der Waals surface area (Å²) in [6.45, 7) is 1.23. The van der Waals surface area contributed by atoms with Gasteiger partial charge in [-0.1, -0.05) is 29.8 Å². The summed E-state index contributed by atoms with van der Waals surface area (Å²) in [4.78, 5) is 25.3. The molecule has 0 aliphatic rings. The van der Waals surface area contributed by atoms with Gasteiger partial charge in [-0.15, -0.1) is 0 Å². The zero-order chi connectivity index (χ0) is 21.1. The lowest BCUT2D eigenvalue weighted by Gasteiger charge is -2.12. The van der Waals surface area contributed by atoms with Crippen LogP contribution in [0.2, 0.25) is 0 Å². The van der Waals surface area contributed by atoms with Crippen molar-refractivity contribution in [1.29, 1.82) is 0 Å². The maximum Gasteiger partial charge on any atom is 0.284 e. The first kappa shape index (κ1) is 20.3. The van der Waals surface area contributed by atoms with E-state index >= 15 is 0 Å². The first-order chi connectivity index (χ1) is 13.8. The predicted octanol–water partition coefficient (Wildman–Crippen LogP) is 1.30. The fourth-order valence-corrected chi connectivity index (χ4v) is 2.60. The Balaban J connectivity index is 2.06. The van der Waals surface area contributed by atoms with Gasteiger partial charge in [-0.3, -0.25) is 14.3 Å². The molecule has 10 heteroatoms. The molecule has 2 heterocycles. The van der Waals surface area contributed by atoms with Crippen molar-refractivity contribution in [2.24, 2.45) is 7.05 Å². The highest BCUT2D eigenvalue weighted by Gasteiger charge is 2.21. The van der Waals surface area contributed by atoms with Crippen molar-refractivity contribution in [3.63, 3.8) is 0 Å². The quantitative estimate of drug-likeness (QED) is 0.646. The number of amides is 1. The number of carbonyl (C=O) groups is 1. The van der Waals surface area contributed by atoms with Crippen LogP contribution in [0.3, 0.4) is 0 Å². The molecule has 3 rings (SSSR count). The molecule has 1 aromatic carbocycles. The zero-order valence-electron chi connectivity index (χ0n) is 15.7. The molecular weight excluding hydrogens is 384 g/mol. The average Bonchev–Trinajstić information content (AvgIpc) is 3.12. The molecule has 8 nitrogen and oxygen atoms in total. The summed E-state index contributed by atoms with van der Waals surface area (Å²) in [6, 6.07) is 8.59. The summed E-state index contributed by atoms with van der Waals surface area (Å²) < 4.78 is 27.5. The number of hydrogen-bond donors (Lipinski definition) is 2. The molecule has 1 unspecified atom stereocenters. The number of carbonyl (C=O) groups excluding carboxylic acids is 1. The van der Waals surface area contributed by atoms with Crippen LogP contribution in [0.1, 0.15) is 15.9 Å². The first-order valence-electron chi connectivity index (χ1n) is 8.71. The summed E-state index contributed by atoms with van der Waals surface area (Å²) in [6.07, 6.45) is -2.08. The highest BCUT2D eigenvalue weighted by molar-refractivity contribution is 5.94. The molecule has 0 saturated heterocycles. The fourth-order valence-electron chi connectivity index (χ4n) is 2.60. The minimum Gasteiger partial charge on any atom is -0.385 e. The third-order valence-electron chi connectivity index (χ3n) is 4.20. The van der Waals surface area contributed by atoms with E-state index in [1.54, 1.807) is 25.4 Å². The van der Waals surface area contributed by atoms with E-state index in [0.29, 0.717) is 16.9 Å². The van der Waals surface area contributed by atoms with Crippen LogP contribution in [0.4, 0.5) is 8.78 Å². The third kappa shape index (κ3) is 4.54. The van der Waals surface area contributed by atoms with Crippen molar-refractivity contribution in [3.8, 4) is 16.9 Å². The lowest BCUT2D eigenvalue weighted by atomic mass is 10.1. The van der Waals surface area contributed by atoms with Crippen LogP contribution in [0.25, 0.3) is 16.9 Å². The van der Waals surface area contributed by atoms with E-state index in [0.717, 1.165) is 10.2 Å². The standard InChI is InChI=1S/C19H19F2N5O3/c1-11-3-5-12(6-4-11)15-7-14(18(28)22-9-16(27)17(20)21)19(29)26(24-15)13-8-23-25(2)10-13/h3-8,10,16-17,27H,9H2,1-2H3,(H,22,28). The summed E-state index contributed by atoms with van der Waals surface area (Å²) in [5.41, 5.74) is 1.34. The van der Waals surface area contributed by atoms with E-state index in [4.69, 9.17) is 0 Å². The Hall–Kier alpha value is -3.40. The molecule has 29 heavy (non-hydrogen) atoms. The monoisotopic (exact) mass is 403 g/mol. The van der Waals surface area contributed by atoms with Gasteiger partial charge in [0, 0.05) is 19.2 Å². The molecule has 0 fully saturated rings. The Bertz CT molecular complexity index is 1080. The van der Waals surface area contributed by atoms with E-state index in [9.17, 15) is 23.5 Å². The van der Waals surface area contributed by atoms with Gasteiger partial charge in [0.2, 0.25) is 0 Å². The topological polar surface area (TPSA) is 102 Å². The molecular formula is C19H19F2N5O3.